The number of rotatable bonds is 5. The minimum Gasteiger partial charge on any atom is -0.618 e. The van der Waals surface area contributed by atoms with Crippen molar-refractivity contribution < 1.29 is 9.52 Å². The number of anilines is 2. The number of hydrogen-bond donors (Lipinski definition) is 0. The molecule has 0 atom stereocenters. The number of aromatic nitrogens is 2. The molecule has 1 amide bonds. The molecule has 0 aliphatic heterocycles. The van der Waals surface area contributed by atoms with Gasteiger partial charge in [0.05, 0.1) is 11.4 Å². The fourth-order valence-corrected chi connectivity index (χ4v) is 4.39. The number of thiazole rings is 1. The van der Waals surface area contributed by atoms with E-state index in [-0.39, 0.29) is 5.91 Å². The van der Waals surface area contributed by atoms with Gasteiger partial charge in [0, 0.05) is 30.2 Å². The number of carbonyl (C=O) groups is 1. The number of thioether (sulfide) groups is 1. The van der Waals surface area contributed by atoms with E-state index in [9.17, 15) is 10.0 Å². The molecular formula is C19H19N3O2S2. The van der Waals surface area contributed by atoms with E-state index in [1.807, 2.05) is 37.4 Å². The molecule has 0 saturated carbocycles. The van der Waals surface area contributed by atoms with Gasteiger partial charge in [0.2, 0.25) is 5.91 Å². The van der Waals surface area contributed by atoms with Crippen LogP contribution in [0.5, 0.6) is 0 Å². The Labute approximate surface area is 160 Å². The molecule has 3 aromatic rings. The summed E-state index contributed by atoms with van der Waals surface area (Å²) < 4.78 is 0.843. The first-order valence-corrected chi connectivity index (χ1v) is 9.95. The Morgan fingerprint density at radius 3 is 2.81 bits per heavy atom. The van der Waals surface area contributed by atoms with Crippen LogP contribution < -0.4 is 9.63 Å². The van der Waals surface area contributed by atoms with Gasteiger partial charge in [-0.05, 0) is 43.3 Å². The maximum atomic E-state index is 12.3. The molecule has 0 radical (unpaired) electrons. The second-order valence-corrected chi connectivity index (χ2v) is 7.75. The third kappa shape index (κ3) is 4.05. The molecule has 0 bridgehead atoms. The summed E-state index contributed by atoms with van der Waals surface area (Å²) in [6.45, 7) is 5.56. The van der Waals surface area contributed by atoms with Crippen LogP contribution in [-0.4, -0.2) is 10.9 Å². The number of amides is 1. The lowest BCUT2D eigenvalue weighted by atomic mass is 10.1. The Bertz CT molecular complexity index is 940. The summed E-state index contributed by atoms with van der Waals surface area (Å²) in [6.07, 6.45) is 1.48. The predicted octanol–water partition coefficient (Wildman–Crippen LogP) is 4.37. The number of nitrogens with zero attached hydrogens (tertiary/aromatic N) is 3. The SMILES string of the molecule is CC(=O)N(c1nc(CSc2cccc[n+]2[O-])cs1)c1ccc(C)cc1C. The van der Waals surface area contributed by atoms with Gasteiger partial charge in [-0.15, -0.1) is 11.3 Å². The van der Waals surface area contributed by atoms with Crippen LogP contribution in [0, 0.1) is 19.1 Å². The molecule has 0 saturated heterocycles. The topological polar surface area (TPSA) is 60.1 Å². The zero-order chi connectivity index (χ0) is 18.7. The van der Waals surface area contributed by atoms with Gasteiger partial charge >= 0.3 is 0 Å². The van der Waals surface area contributed by atoms with Crippen molar-refractivity contribution in [2.75, 3.05) is 4.90 Å². The van der Waals surface area contributed by atoms with Gasteiger partial charge in [0.15, 0.2) is 11.3 Å². The molecule has 2 aromatic heterocycles. The molecule has 0 aliphatic rings. The second kappa shape index (κ2) is 7.88. The predicted molar refractivity (Wildman–Crippen MR) is 106 cm³/mol. The molecule has 3 rings (SSSR count). The number of carbonyl (C=O) groups excluding carboxylic acids is 1. The summed E-state index contributed by atoms with van der Waals surface area (Å²) in [6, 6.07) is 11.3. The van der Waals surface area contributed by atoms with Crippen molar-refractivity contribution in [2.45, 2.75) is 31.6 Å². The highest BCUT2D eigenvalue weighted by Crippen LogP contribution is 2.32. The van der Waals surface area contributed by atoms with Gasteiger partial charge in [-0.25, -0.2) is 4.98 Å². The first-order chi connectivity index (χ1) is 12.5. The van der Waals surface area contributed by atoms with E-state index >= 15 is 0 Å². The summed E-state index contributed by atoms with van der Waals surface area (Å²) in [5.41, 5.74) is 3.87. The zero-order valence-electron chi connectivity index (χ0n) is 14.8. The monoisotopic (exact) mass is 385 g/mol. The molecule has 0 aliphatic carbocycles. The lowest BCUT2D eigenvalue weighted by molar-refractivity contribution is -0.645. The molecule has 0 unspecified atom stereocenters. The van der Waals surface area contributed by atoms with Crippen LogP contribution in [0.25, 0.3) is 0 Å². The Morgan fingerprint density at radius 2 is 2.12 bits per heavy atom. The molecule has 7 heteroatoms. The van der Waals surface area contributed by atoms with Crippen LogP contribution in [0.2, 0.25) is 0 Å². The fraction of sp³-hybridized carbons (Fsp3) is 0.211. The average molecular weight is 386 g/mol. The van der Waals surface area contributed by atoms with Gasteiger partial charge in [0.25, 0.3) is 5.03 Å². The standard InChI is InChI=1S/C19H19N3O2S2/c1-13-7-8-17(14(2)10-13)22(15(3)23)19-20-16(12-26-19)11-25-18-6-4-5-9-21(18)24/h4-10,12H,11H2,1-3H3. The highest BCUT2D eigenvalue weighted by Gasteiger charge is 2.20. The van der Waals surface area contributed by atoms with Crippen LogP contribution in [0.15, 0.2) is 53.0 Å². The van der Waals surface area contributed by atoms with Gasteiger partial charge < -0.3 is 5.21 Å². The average Bonchev–Trinajstić information content (AvgIpc) is 3.04. The quantitative estimate of drug-likeness (QED) is 0.372. The van der Waals surface area contributed by atoms with Crippen LogP contribution in [0.4, 0.5) is 10.8 Å². The largest absolute Gasteiger partial charge is 0.618 e. The Morgan fingerprint density at radius 1 is 1.31 bits per heavy atom. The highest BCUT2D eigenvalue weighted by molar-refractivity contribution is 7.98. The van der Waals surface area contributed by atoms with E-state index in [0.29, 0.717) is 15.9 Å². The summed E-state index contributed by atoms with van der Waals surface area (Å²) in [5, 5.41) is 14.9. The third-order valence-electron chi connectivity index (χ3n) is 3.80. The van der Waals surface area contributed by atoms with Gasteiger partial charge in [-0.3, -0.25) is 9.69 Å². The van der Waals surface area contributed by atoms with Gasteiger partial charge in [-0.1, -0.05) is 17.7 Å². The highest BCUT2D eigenvalue weighted by atomic mass is 32.2. The maximum absolute atomic E-state index is 12.3. The van der Waals surface area contributed by atoms with Crippen molar-refractivity contribution in [3.05, 3.63) is 70.0 Å². The minimum absolute atomic E-state index is 0.0778. The summed E-state index contributed by atoms with van der Waals surface area (Å²) in [5.74, 6) is 0.493. The lowest BCUT2D eigenvalue weighted by Gasteiger charge is -2.20. The summed E-state index contributed by atoms with van der Waals surface area (Å²) in [4.78, 5) is 18.5. The number of benzene rings is 1. The molecule has 26 heavy (non-hydrogen) atoms. The fourth-order valence-electron chi connectivity index (χ4n) is 2.60. The van der Waals surface area contributed by atoms with Crippen LogP contribution in [-0.2, 0) is 10.5 Å². The van der Waals surface area contributed by atoms with E-state index in [1.54, 1.807) is 24.0 Å². The van der Waals surface area contributed by atoms with E-state index in [4.69, 9.17) is 0 Å². The molecular weight excluding hydrogens is 366 g/mol. The maximum Gasteiger partial charge on any atom is 0.251 e. The van der Waals surface area contributed by atoms with Crippen LogP contribution in [0.1, 0.15) is 23.7 Å². The first-order valence-electron chi connectivity index (χ1n) is 8.09. The van der Waals surface area contributed by atoms with Gasteiger partial charge in [0.1, 0.15) is 0 Å². The Kier molecular flexibility index (Phi) is 5.58. The minimum atomic E-state index is -0.0778. The summed E-state index contributed by atoms with van der Waals surface area (Å²) in [7, 11) is 0. The molecule has 2 heterocycles. The second-order valence-electron chi connectivity index (χ2n) is 5.92. The molecule has 1 aromatic carbocycles. The smallest absolute Gasteiger partial charge is 0.251 e. The van der Waals surface area contributed by atoms with Crippen molar-refractivity contribution in [3.63, 3.8) is 0 Å². The van der Waals surface area contributed by atoms with E-state index in [1.165, 1.54) is 29.3 Å². The number of aryl methyl sites for hydroxylation is 2. The molecule has 0 N–H and O–H groups in total. The number of hydrogen-bond acceptors (Lipinski definition) is 5. The van der Waals surface area contributed by atoms with Crippen molar-refractivity contribution in [1.82, 2.24) is 4.98 Å². The van der Waals surface area contributed by atoms with E-state index in [2.05, 4.69) is 11.1 Å². The van der Waals surface area contributed by atoms with E-state index < -0.39 is 0 Å². The van der Waals surface area contributed by atoms with Crippen molar-refractivity contribution in [3.8, 4) is 0 Å². The van der Waals surface area contributed by atoms with Crippen molar-refractivity contribution in [2.24, 2.45) is 0 Å². The Balaban J connectivity index is 1.82. The normalized spacial score (nSPS) is 10.7. The van der Waals surface area contributed by atoms with Crippen molar-refractivity contribution >= 4 is 39.8 Å². The Hall–Kier alpha value is -2.38. The molecule has 0 fully saturated rings. The third-order valence-corrected chi connectivity index (χ3v) is 5.72. The summed E-state index contributed by atoms with van der Waals surface area (Å²) >= 11 is 2.85. The van der Waals surface area contributed by atoms with E-state index in [0.717, 1.165) is 27.2 Å². The zero-order valence-corrected chi connectivity index (χ0v) is 16.4. The molecule has 0 spiro atoms. The van der Waals surface area contributed by atoms with Crippen molar-refractivity contribution in [1.29, 1.82) is 0 Å². The van der Waals surface area contributed by atoms with Gasteiger partial charge in [-0.2, -0.15) is 4.73 Å². The molecule has 134 valence electrons. The number of pyridine rings is 1. The molecule has 5 nitrogen and oxygen atoms in total. The first kappa shape index (κ1) is 18.4. The lowest BCUT2D eigenvalue weighted by Crippen LogP contribution is -2.27. The van der Waals surface area contributed by atoms with Crippen LogP contribution in [0.3, 0.4) is 0 Å². The van der Waals surface area contributed by atoms with Crippen LogP contribution >= 0.6 is 23.1 Å².